The number of hydrogen-bond donors (Lipinski definition) is 1. The van der Waals surface area contributed by atoms with Gasteiger partial charge in [0.25, 0.3) is 0 Å². The van der Waals surface area contributed by atoms with Crippen molar-refractivity contribution >= 4 is 0 Å². The highest BCUT2D eigenvalue weighted by Crippen LogP contribution is 2.28. The van der Waals surface area contributed by atoms with Crippen molar-refractivity contribution in [2.24, 2.45) is 0 Å². The summed E-state index contributed by atoms with van der Waals surface area (Å²) in [5.41, 5.74) is -0.419. The van der Waals surface area contributed by atoms with E-state index in [2.05, 4.69) is 16.8 Å². The van der Waals surface area contributed by atoms with Crippen molar-refractivity contribution in [1.29, 1.82) is 0 Å². The lowest BCUT2D eigenvalue weighted by atomic mass is 9.84. The first-order valence-corrected chi connectivity index (χ1v) is 7.39. The maximum absolute atomic E-state index is 10.5. The van der Waals surface area contributed by atoms with Crippen LogP contribution in [0.25, 0.3) is 0 Å². The molecule has 106 valence electrons. The third-order valence-corrected chi connectivity index (χ3v) is 4.25. The Morgan fingerprint density at radius 3 is 2.50 bits per heavy atom. The quantitative estimate of drug-likeness (QED) is 0.794. The van der Waals surface area contributed by atoms with Gasteiger partial charge in [0.15, 0.2) is 0 Å². The molecule has 1 aliphatic carbocycles. The molecule has 2 aliphatic rings. The molecule has 2 fully saturated rings. The highest BCUT2D eigenvalue weighted by molar-refractivity contribution is 4.85. The largest absolute Gasteiger partial charge is 0.389 e. The number of ether oxygens (including phenoxy) is 1. The van der Waals surface area contributed by atoms with Crippen LogP contribution in [0.2, 0.25) is 0 Å². The molecule has 0 unspecified atom stereocenters. The lowest BCUT2D eigenvalue weighted by molar-refractivity contribution is -0.0245. The van der Waals surface area contributed by atoms with Crippen molar-refractivity contribution in [1.82, 2.24) is 9.80 Å². The molecule has 4 heteroatoms. The molecule has 1 saturated carbocycles. The van der Waals surface area contributed by atoms with Crippen LogP contribution in [0.15, 0.2) is 0 Å². The Kier molecular flexibility index (Phi) is 5.42. The Bertz CT molecular complexity index is 236. The Morgan fingerprint density at radius 1 is 1.17 bits per heavy atom. The van der Waals surface area contributed by atoms with Gasteiger partial charge in [-0.15, -0.1) is 0 Å². The molecule has 0 aromatic carbocycles. The van der Waals surface area contributed by atoms with Crippen LogP contribution in [0, 0.1) is 0 Å². The molecule has 1 aliphatic heterocycles. The van der Waals surface area contributed by atoms with Crippen LogP contribution in [-0.4, -0.2) is 73.5 Å². The lowest BCUT2D eigenvalue weighted by Gasteiger charge is -2.36. The van der Waals surface area contributed by atoms with Gasteiger partial charge in [-0.2, -0.15) is 0 Å². The van der Waals surface area contributed by atoms with E-state index in [0.29, 0.717) is 0 Å². The third kappa shape index (κ3) is 4.50. The lowest BCUT2D eigenvalue weighted by Crippen LogP contribution is -2.46. The molecule has 1 N–H and O–H groups in total. The summed E-state index contributed by atoms with van der Waals surface area (Å²) in [4.78, 5) is 4.74. The first kappa shape index (κ1) is 14.3. The van der Waals surface area contributed by atoms with E-state index in [4.69, 9.17) is 4.74 Å². The molecule has 0 atom stereocenters. The first-order chi connectivity index (χ1) is 8.68. The Balaban J connectivity index is 1.65. The monoisotopic (exact) mass is 256 g/mol. The minimum Gasteiger partial charge on any atom is -0.389 e. The average molecular weight is 256 g/mol. The highest BCUT2D eigenvalue weighted by atomic mass is 16.5. The number of rotatable bonds is 5. The molecule has 0 amide bonds. The van der Waals surface area contributed by atoms with Gasteiger partial charge in [-0.1, -0.05) is 19.3 Å². The SMILES string of the molecule is CN(CCN1CCOCC1)CC1(O)CCCCC1. The van der Waals surface area contributed by atoms with Crippen molar-refractivity contribution in [3.8, 4) is 0 Å². The third-order valence-electron chi connectivity index (χ3n) is 4.25. The van der Waals surface area contributed by atoms with Crippen LogP contribution < -0.4 is 0 Å². The molecule has 0 aromatic heterocycles. The topological polar surface area (TPSA) is 35.9 Å². The van der Waals surface area contributed by atoms with Crippen LogP contribution in [0.3, 0.4) is 0 Å². The van der Waals surface area contributed by atoms with E-state index in [1.54, 1.807) is 0 Å². The van der Waals surface area contributed by atoms with Crippen molar-refractivity contribution in [3.63, 3.8) is 0 Å². The maximum Gasteiger partial charge on any atom is 0.0774 e. The van der Waals surface area contributed by atoms with Gasteiger partial charge in [0, 0.05) is 32.7 Å². The number of likely N-dealkylation sites (N-methyl/N-ethyl adjacent to an activating group) is 1. The molecular formula is C14H28N2O2. The van der Waals surface area contributed by atoms with Crippen LogP contribution >= 0.6 is 0 Å². The second-order valence-corrected chi connectivity index (χ2v) is 5.98. The summed E-state index contributed by atoms with van der Waals surface area (Å²) in [6, 6.07) is 0. The fraction of sp³-hybridized carbons (Fsp3) is 1.00. The van der Waals surface area contributed by atoms with Crippen molar-refractivity contribution in [3.05, 3.63) is 0 Å². The van der Waals surface area contributed by atoms with E-state index in [1.165, 1.54) is 19.3 Å². The van der Waals surface area contributed by atoms with E-state index < -0.39 is 5.60 Å². The van der Waals surface area contributed by atoms with Gasteiger partial charge in [0.2, 0.25) is 0 Å². The van der Waals surface area contributed by atoms with Crippen LogP contribution in [0.1, 0.15) is 32.1 Å². The summed E-state index contributed by atoms with van der Waals surface area (Å²) in [6.45, 7) is 6.81. The summed E-state index contributed by atoms with van der Waals surface area (Å²) < 4.78 is 5.35. The van der Waals surface area contributed by atoms with E-state index >= 15 is 0 Å². The van der Waals surface area contributed by atoms with E-state index in [-0.39, 0.29) is 0 Å². The molecule has 18 heavy (non-hydrogen) atoms. The molecule has 0 bridgehead atoms. The van der Waals surface area contributed by atoms with Gasteiger partial charge >= 0.3 is 0 Å². The molecular weight excluding hydrogens is 228 g/mol. The molecule has 0 radical (unpaired) electrons. The molecule has 0 aromatic rings. The van der Waals surface area contributed by atoms with Gasteiger partial charge in [-0.05, 0) is 19.9 Å². The zero-order valence-electron chi connectivity index (χ0n) is 11.7. The second-order valence-electron chi connectivity index (χ2n) is 5.98. The molecule has 0 spiro atoms. The zero-order chi connectivity index (χ0) is 12.8. The van der Waals surface area contributed by atoms with Crippen LogP contribution in [-0.2, 0) is 4.74 Å². The second kappa shape index (κ2) is 6.85. The number of hydrogen-bond acceptors (Lipinski definition) is 4. The minimum atomic E-state index is -0.419. The molecule has 1 saturated heterocycles. The summed E-state index contributed by atoms with van der Waals surface area (Å²) >= 11 is 0. The Morgan fingerprint density at radius 2 is 1.83 bits per heavy atom. The minimum absolute atomic E-state index is 0.419. The van der Waals surface area contributed by atoms with Crippen molar-refractivity contribution in [2.45, 2.75) is 37.7 Å². The fourth-order valence-electron chi connectivity index (χ4n) is 3.09. The predicted octanol–water partition coefficient (Wildman–Crippen LogP) is 0.946. The normalized spacial score (nSPS) is 25.5. The fourth-order valence-corrected chi connectivity index (χ4v) is 3.09. The van der Waals surface area contributed by atoms with Crippen LogP contribution in [0.4, 0.5) is 0 Å². The Hall–Kier alpha value is -0.160. The number of nitrogens with zero attached hydrogens (tertiary/aromatic N) is 2. The van der Waals surface area contributed by atoms with Gasteiger partial charge in [0.1, 0.15) is 0 Å². The summed E-state index contributed by atoms with van der Waals surface area (Å²) in [5, 5.41) is 10.5. The van der Waals surface area contributed by atoms with Crippen molar-refractivity contribution in [2.75, 3.05) is 53.0 Å². The van der Waals surface area contributed by atoms with Crippen LogP contribution in [0.5, 0.6) is 0 Å². The Labute approximate surface area is 111 Å². The standard InChI is InChI=1S/C14H28N2O2/c1-15(7-8-16-9-11-18-12-10-16)13-14(17)5-3-2-4-6-14/h17H,2-13H2,1H3. The average Bonchev–Trinajstić information content (AvgIpc) is 2.38. The number of morpholine rings is 1. The van der Waals surface area contributed by atoms with Gasteiger partial charge in [-0.3, -0.25) is 4.90 Å². The summed E-state index contributed by atoms with van der Waals surface area (Å²) in [5.74, 6) is 0. The smallest absolute Gasteiger partial charge is 0.0774 e. The van der Waals surface area contributed by atoms with E-state index in [9.17, 15) is 5.11 Å². The van der Waals surface area contributed by atoms with E-state index in [1.807, 2.05) is 0 Å². The number of aliphatic hydroxyl groups is 1. The summed E-state index contributed by atoms with van der Waals surface area (Å²) in [7, 11) is 2.13. The molecule has 4 nitrogen and oxygen atoms in total. The van der Waals surface area contributed by atoms with Gasteiger partial charge in [-0.25, -0.2) is 0 Å². The summed E-state index contributed by atoms with van der Waals surface area (Å²) in [6.07, 6.45) is 5.63. The molecule has 1 heterocycles. The zero-order valence-corrected chi connectivity index (χ0v) is 11.7. The van der Waals surface area contributed by atoms with Crippen molar-refractivity contribution < 1.29 is 9.84 Å². The van der Waals surface area contributed by atoms with Gasteiger partial charge < -0.3 is 14.7 Å². The molecule has 2 rings (SSSR count). The van der Waals surface area contributed by atoms with E-state index in [0.717, 1.165) is 58.8 Å². The highest BCUT2D eigenvalue weighted by Gasteiger charge is 2.30. The maximum atomic E-state index is 10.5. The predicted molar refractivity (Wildman–Crippen MR) is 72.8 cm³/mol. The van der Waals surface area contributed by atoms with Gasteiger partial charge in [0.05, 0.1) is 18.8 Å². The first-order valence-electron chi connectivity index (χ1n) is 7.39.